The van der Waals surface area contributed by atoms with Gasteiger partial charge in [-0.15, -0.1) is 11.3 Å². The lowest BCUT2D eigenvalue weighted by Gasteiger charge is -2.24. The maximum Gasteiger partial charge on any atom is 0.270 e. The Balaban J connectivity index is 1.66. The number of aliphatic hydroxyl groups is 1. The van der Waals surface area contributed by atoms with E-state index in [1.165, 1.54) is 41.9 Å². The quantitative estimate of drug-likeness (QED) is 0.744. The fourth-order valence-electron chi connectivity index (χ4n) is 2.15. The monoisotopic (exact) mass is 346 g/mol. The molecule has 1 amide bonds. The summed E-state index contributed by atoms with van der Waals surface area (Å²) in [6.45, 7) is 1.54. The fourth-order valence-corrected chi connectivity index (χ4v) is 2.94. The van der Waals surface area contributed by atoms with Gasteiger partial charge in [0.15, 0.2) is 0 Å². The van der Waals surface area contributed by atoms with Gasteiger partial charge in [0.1, 0.15) is 28.4 Å². The van der Waals surface area contributed by atoms with Crippen molar-refractivity contribution in [1.29, 1.82) is 0 Å². The van der Waals surface area contributed by atoms with Gasteiger partial charge >= 0.3 is 0 Å². The van der Waals surface area contributed by atoms with Gasteiger partial charge in [-0.25, -0.2) is 9.37 Å². The summed E-state index contributed by atoms with van der Waals surface area (Å²) in [4.78, 5) is 16.5. The highest BCUT2D eigenvalue weighted by molar-refractivity contribution is 7.13. The number of carbonyl (C=O) groups is 1. The van der Waals surface area contributed by atoms with Gasteiger partial charge in [0.2, 0.25) is 0 Å². The molecular formula is C17H15FN2O3S. The molecule has 2 N–H and O–H groups in total. The first-order valence-corrected chi connectivity index (χ1v) is 8.08. The van der Waals surface area contributed by atoms with Crippen LogP contribution in [0, 0.1) is 5.82 Å². The van der Waals surface area contributed by atoms with Crippen molar-refractivity contribution in [3.8, 4) is 10.6 Å². The van der Waals surface area contributed by atoms with E-state index in [1.54, 1.807) is 24.6 Å². The minimum absolute atomic E-state index is 0.0178. The summed E-state index contributed by atoms with van der Waals surface area (Å²) in [5.41, 5.74) is 0.275. The number of nitrogens with zero attached hydrogens (tertiary/aromatic N) is 1. The zero-order valence-electron chi connectivity index (χ0n) is 12.8. The Kier molecular flexibility index (Phi) is 4.46. The van der Waals surface area contributed by atoms with Crippen molar-refractivity contribution in [3.63, 3.8) is 0 Å². The van der Waals surface area contributed by atoms with Crippen LogP contribution in [0.4, 0.5) is 4.39 Å². The lowest BCUT2D eigenvalue weighted by Crippen LogP contribution is -2.38. The van der Waals surface area contributed by atoms with Gasteiger partial charge in [0, 0.05) is 10.9 Å². The van der Waals surface area contributed by atoms with E-state index in [4.69, 9.17) is 4.42 Å². The molecule has 3 aromatic rings. The Morgan fingerprint density at radius 2 is 2.12 bits per heavy atom. The summed E-state index contributed by atoms with van der Waals surface area (Å²) in [6.07, 6.45) is 3.09. The molecule has 2 heterocycles. The third-order valence-electron chi connectivity index (χ3n) is 3.56. The van der Waals surface area contributed by atoms with E-state index in [9.17, 15) is 14.3 Å². The van der Waals surface area contributed by atoms with Crippen LogP contribution in [0.3, 0.4) is 0 Å². The summed E-state index contributed by atoms with van der Waals surface area (Å²) in [5.74, 6) is -0.767. The summed E-state index contributed by atoms with van der Waals surface area (Å²) in [5, 5.41) is 15.4. The van der Waals surface area contributed by atoms with Crippen molar-refractivity contribution in [2.75, 3.05) is 6.54 Å². The molecule has 0 spiro atoms. The highest BCUT2D eigenvalue weighted by Gasteiger charge is 2.24. The number of rotatable bonds is 5. The highest BCUT2D eigenvalue weighted by Crippen LogP contribution is 2.24. The fraction of sp³-hybridized carbons (Fsp3) is 0.176. The maximum absolute atomic E-state index is 13.0. The molecular weight excluding hydrogens is 331 g/mol. The van der Waals surface area contributed by atoms with E-state index in [-0.39, 0.29) is 24.0 Å². The second-order valence-electron chi connectivity index (χ2n) is 5.51. The van der Waals surface area contributed by atoms with Crippen LogP contribution in [-0.2, 0) is 5.60 Å². The lowest BCUT2D eigenvalue weighted by atomic mass is 9.96. The molecule has 0 fully saturated rings. The van der Waals surface area contributed by atoms with E-state index in [1.807, 2.05) is 0 Å². The Morgan fingerprint density at radius 1 is 1.38 bits per heavy atom. The summed E-state index contributed by atoms with van der Waals surface area (Å²) in [6, 6.07) is 7.27. The number of hydrogen-bond donors (Lipinski definition) is 2. The Morgan fingerprint density at radius 3 is 2.79 bits per heavy atom. The van der Waals surface area contributed by atoms with Crippen LogP contribution in [0.5, 0.6) is 0 Å². The van der Waals surface area contributed by atoms with Crippen LogP contribution < -0.4 is 5.32 Å². The van der Waals surface area contributed by atoms with Gasteiger partial charge in [-0.2, -0.15) is 0 Å². The highest BCUT2D eigenvalue weighted by atomic mass is 32.1. The molecule has 1 aromatic carbocycles. The van der Waals surface area contributed by atoms with Crippen molar-refractivity contribution >= 4 is 17.2 Å². The third-order valence-corrected chi connectivity index (χ3v) is 4.46. The van der Waals surface area contributed by atoms with Crippen LogP contribution >= 0.6 is 11.3 Å². The van der Waals surface area contributed by atoms with Crippen LogP contribution in [0.2, 0.25) is 0 Å². The first-order valence-electron chi connectivity index (χ1n) is 7.20. The molecule has 0 saturated heterocycles. The molecule has 0 aliphatic rings. The Hall–Kier alpha value is -2.51. The number of furan rings is 1. The summed E-state index contributed by atoms with van der Waals surface area (Å²) >= 11 is 1.33. The normalized spacial score (nSPS) is 13.5. The predicted molar refractivity (Wildman–Crippen MR) is 88.1 cm³/mol. The van der Waals surface area contributed by atoms with E-state index < -0.39 is 5.60 Å². The molecule has 0 aliphatic heterocycles. The standard InChI is InChI=1S/C17H15FN2O3S/c1-17(22,12-2-4-13(18)5-3-12)10-19-15(21)14-9-24-16(20-14)11-6-7-23-8-11/h2-9,22H,10H2,1H3,(H,19,21). The number of benzene rings is 1. The van der Waals surface area contributed by atoms with Crippen LogP contribution in [0.1, 0.15) is 23.0 Å². The number of carbonyl (C=O) groups excluding carboxylic acids is 1. The molecule has 1 atom stereocenters. The van der Waals surface area contributed by atoms with Crippen LogP contribution in [-0.4, -0.2) is 22.5 Å². The van der Waals surface area contributed by atoms with Crippen molar-refractivity contribution in [2.45, 2.75) is 12.5 Å². The number of amides is 1. The first kappa shape index (κ1) is 16.4. The second-order valence-corrected chi connectivity index (χ2v) is 6.37. The predicted octanol–water partition coefficient (Wildman–Crippen LogP) is 3.18. The molecule has 1 unspecified atom stereocenters. The minimum Gasteiger partial charge on any atom is -0.472 e. The minimum atomic E-state index is -1.31. The van der Waals surface area contributed by atoms with E-state index >= 15 is 0 Å². The van der Waals surface area contributed by atoms with E-state index in [0.29, 0.717) is 10.6 Å². The Bertz CT molecular complexity index is 826. The summed E-state index contributed by atoms with van der Waals surface area (Å²) < 4.78 is 18.0. The van der Waals surface area contributed by atoms with Crippen LogP contribution in [0.25, 0.3) is 10.6 Å². The van der Waals surface area contributed by atoms with Crippen molar-refractivity contribution < 1.29 is 18.7 Å². The van der Waals surface area contributed by atoms with E-state index in [2.05, 4.69) is 10.3 Å². The number of hydrogen-bond acceptors (Lipinski definition) is 5. The lowest BCUT2D eigenvalue weighted by molar-refractivity contribution is 0.0524. The molecule has 5 nitrogen and oxygen atoms in total. The van der Waals surface area contributed by atoms with Crippen molar-refractivity contribution in [2.24, 2.45) is 0 Å². The molecule has 7 heteroatoms. The van der Waals surface area contributed by atoms with Crippen LogP contribution in [0.15, 0.2) is 52.7 Å². The molecule has 2 aromatic heterocycles. The average molecular weight is 346 g/mol. The first-order chi connectivity index (χ1) is 11.5. The number of thiazole rings is 1. The van der Waals surface area contributed by atoms with Gasteiger partial charge in [0.05, 0.1) is 12.8 Å². The zero-order chi connectivity index (χ0) is 17.2. The topological polar surface area (TPSA) is 75.4 Å². The van der Waals surface area contributed by atoms with E-state index in [0.717, 1.165) is 5.56 Å². The largest absolute Gasteiger partial charge is 0.472 e. The molecule has 3 rings (SSSR count). The third kappa shape index (κ3) is 3.52. The molecule has 0 aliphatic carbocycles. The molecule has 0 bridgehead atoms. The maximum atomic E-state index is 13.0. The number of halogens is 1. The number of aromatic nitrogens is 1. The molecule has 0 radical (unpaired) electrons. The van der Waals surface area contributed by atoms with Gasteiger partial charge in [-0.05, 0) is 30.7 Å². The summed E-state index contributed by atoms with van der Waals surface area (Å²) in [7, 11) is 0. The molecule has 0 saturated carbocycles. The van der Waals surface area contributed by atoms with Crippen molar-refractivity contribution in [3.05, 3.63) is 65.3 Å². The SMILES string of the molecule is CC(O)(CNC(=O)c1csc(-c2ccoc2)n1)c1ccc(F)cc1. The van der Waals surface area contributed by atoms with Gasteiger partial charge < -0.3 is 14.8 Å². The molecule has 24 heavy (non-hydrogen) atoms. The van der Waals surface area contributed by atoms with Gasteiger partial charge in [0.25, 0.3) is 5.91 Å². The van der Waals surface area contributed by atoms with Crippen molar-refractivity contribution in [1.82, 2.24) is 10.3 Å². The second kappa shape index (κ2) is 6.54. The van der Waals surface area contributed by atoms with Gasteiger partial charge in [-0.1, -0.05) is 12.1 Å². The smallest absolute Gasteiger partial charge is 0.270 e. The zero-order valence-corrected chi connectivity index (χ0v) is 13.6. The molecule has 124 valence electrons. The van der Waals surface area contributed by atoms with Gasteiger partial charge in [-0.3, -0.25) is 4.79 Å². The number of nitrogens with one attached hydrogen (secondary N) is 1. The average Bonchev–Trinajstić information content (AvgIpc) is 3.24. The Labute approximate surface area is 141 Å².